The number of urea groups is 1. The fourth-order valence-corrected chi connectivity index (χ4v) is 3.70. The highest BCUT2D eigenvalue weighted by Crippen LogP contribution is 2.27. The molecule has 2 aliphatic rings. The lowest BCUT2D eigenvalue weighted by atomic mass is 9.93. The van der Waals surface area contributed by atoms with Crippen molar-refractivity contribution in [1.29, 1.82) is 0 Å². The summed E-state index contributed by atoms with van der Waals surface area (Å²) in [6, 6.07) is 8.76. The molecule has 5 heteroatoms. The van der Waals surface area contributed by atoms with Crippen LogP contribution in [0.25, 0.3) is 0 Å². The Kier molecular flexibility index (Phi) is 5.96. The molecular weight excluding hydrogens is 302 g/mol. The predicted molar refractivity (Wildman–Crippen MR) is 96.5 cm³/mol. The van der Waals surface area contributed by atoms with Crippen molar-refractivity contribution in [1.82, 2.24) is 10.6 Å². The molecule has 132 valence electrons. The second-order valence-electron chi connectivity index (χ2n) is 6.86. The monoisotopic (exact) mass is 331 g/mol. The number of hydrogen-bond donors (Lipinski definition) is 2. The number of nitrogens with zero attached hydrogens (tertiary/aromatic N) is 1. The van der Waals surface area contributed by atoms with Crippen LogP contribution in [0.1, 0.15) is 31.7 Å². The van der Waals surface area contributed by atoms with E-state index < -0.39 is 0 Å². The Balaban J connectivity index is 1.32. The van der Waals surface area contributed by atoms with Crippen molar-refractivity contribution in [2.45, 2.75) is 38.6 Å². The molecule has 0 bridgehead atoms. The van der Waals surface area contributed by atoms with Gasteiger partial charge in [-0.05, 0) is 50.2 Å². The molecule has 0 aliphatic carbocycles. The molecule has 0 spiro atoms. The van der Waals surface area contributed by atoms with Crippen LogP contribution >= 0.6 is 0 Å². The zero-order valence-corrected chi connectivity index (χ0v) is 14.6. The van der Waals surface area contributed by atoms with Gasteiger partial charge < -0.3 is 20.3 Å². The van der Waals surface area contributed by atoms with E-state index in [1.807, 2.05) is 0 Å². The van der Waals surface area contributed by atoms with E-state index in [1.54, 1.807) is 0 Å². The number of benzene rings is 1. The highest BCUT2D eigenvalue weighted by atomic mass is 16.5. The first kappa shape index (κ1) is 17.1. The number of amides is 2. The zero-order chi connectivity index (χ0) is 16.8. The molecule has 0 aromatic heterocycles. The zero-order valence-electron chi connectivity index (χ0n) is 14.6. The Hall–Kier alpha value is -1.75. The average molecular weight is 331 g/mol. The van der Waals surface area contributed by atoms with Crippen molar-refractivity contribution < 1.29 is 9.53 Å². The number of fused-ring (bicyclic) bond motifs is 1. The minimum Gasteiger partial charge on any atom is -0.381 e. The average Bonchev–Trinajstić information content (AvgIpc) is 3.03. The van der Waals surface area contributed by atoms with Gasteiger partial charge in [0.25, 0.3) is 0 Å². The van der Waals surface area contributed by atoms with Crippen molar-refractivity contribution in [3.8, 4) is 0 Å². The quantitative estimate of drug-likeness (QED) is 0.788. The first-order valence-corrected chi connectivity index (χ1v) is 9.19. The molecule has 1 aromatic rings. The SMILES string of the molecule is C[C@H](NC(=O)NCCCN1CCc2ccccc21)C1CCOCC1. The molecule has 2 aliphatic heterocycles. The van der Waals surface area contributed by atoms with Crippen LogP contribution in [0.2, 0.25) is 0 Å². The molecule has 2 N–H and O–H groups in total. The maximum atomic E-state index is 12.0. The first-order chi connectivity index (χ1) is 11.7. The van der Waals surface area contributed by atoms with Crippen LogP contribution in [0.15, 0.2) is 24.3 Å². The summed E-state index contributed by atoms with van der Waals surface area (Å²) < 4.78 is 5.38. The highest BCUT2D eigenvalue weighted by molar-refractivity contribution is 5.74. The third-order valence-corrected chi connectivity index (χ3v) is 5.21. The number of carbonyl (C=O) groups is 1. The standard InChI is InChI=1S/C19H29N3O2/c1-15(16-8-13-24-14-9-16)21-19(23)20-10-4-11-22-12-7-17-5-2-3-6-18(17)22/h2-3,5-6,15-16H,4,7-14H2,1H3,(H2,20,21,23)/t15-/m0/s1. The highest BCUT2D eigenvalue weighted by Gasteiger charge is 2.22. The molecule has 24 heavy (non-hydrogen) atoms. The molecule has 5 nitrogen and oxygen atoms in total. The van der Waals surface area contributed by atoms with E-state index in [1.165, 1.54) is 11.3 Å². The maximum Gasteiger partial charge on any atom is 0.315 e. The van der Waals surface area contributed by atoms with Gasteiger partial charge in [0.15, 0.2) is 0 Å². The van der Waals surface area contributed by atoms with Crippen molar-refractivity contribution in [3.63, 3.8) is 0 Å². The fraction of sp³-hybridized carbons (Fsp3) is 0.632. The Morgan fingerprint density at radius 3 is 2.96 bits per heavy atom. The summed E-state index contributed by atoms with van der Waals surface area (Å²) in [4.78, 5) is 14.4. The lowest BCUT2D eigenvalue weighted by Crippen LogP contribution is -2.45. The van der Waals surface area contributed by atoms with Gasteiger partial charge in [-0.25, -0.2) is 4.79 Å². The van der Waals surface area contributed by atoms with Crippen molar-refractivity contribution in [3.05, 3.63) is 29.8 Å². The lowest BCUT2D eigenvalue weighted by molar-refractivity contribution is 0.0571. The van der Waals surface area contributed by atoms with Gasteiger partial charge >= 0.3 is 6.03 Å². The Labute approximate surface area is 144 Å². The third-order valence-electron chi connectivity index (χ3n) is 5.21. The van der Waals surface area contributed by atoms with Gasteiger partial charge in [-0.15, -0.1) is 0 Å². The number of anilines is 1. The van der Waals surface area contributed by atoms with E-state index >= 15 is 0 Å². The summed E-state index contributed by atoms with van der Waals surface area (Å²) in [5.74, 6) is 0.533. The Morgan fingerprint density at radius 1 is 1.33 bits per heavy atom. The summed E-state index contributed by atoms with van der Waals surface area (Å²) in [5, 5.41) is 6.07. The molecule has 1 aromatic carbocycles. The Morgan fingerprint density at radius 2 is 2.12 bits per heavy atom. The number of ether oxygens (including phenoxy) is 1. The topological polar surface area (TPSA) is 53.6 Å². The van der Waals surface area contributed by atoms with E-state index in [4.69, 9.17) is 4.74 Å². The summed E-state index contributed by atoms with van der Waals surface area (Å²) in [7, 11) is 0. The van der Waals surface area contributed by atoms with Gasteiger partial charge in [0.2, 0.25) is 0 Å². The van der Waals surface area contributed by atoms with E-state index in [-0.39, 0.29) is 12.1 Å². The number of rotatable bonds is 6. The normalized spacial score (nSPS) is 19.0. The van der Waals surface area contributed by atoms with Crippen molar-refractivity contribution in [2.75, 3.05) is 37.7 Å². The summed E-state index contributed by atoms with van der Waals surface area (Å²) in [5.41, 5.74) is 2.79. The van der Waals surface area contributed by atoms with Crippen LogP contribution in [0.4, 0.5) is 10.5 Å². The van der Waals surface area contributed by atoms with E-state index in [9.17, 15) is 4.79 Å². The van der Waals surface area contributed by atoms with Gasteiger partial charge in [-0.2, -0.15) is 0 Å². The second-order valence-corrected chi connectivity index (χ2v) is 6.86. The van der Waals surface area contributed by atoms with Gasteiger partial charge in [0.1, 0.15) is 0 Å². The molecule has 1 saturated heterocycles. The predicted octanol–water partition coefficient (Wildman–Crippen LogP) is 2.55. The number of para-hydroxylation sites is 1. The van der Waals surface area contributed by atoms with Crippen LogP contribution in [-0.4, -0.2) is 44.9 Å². The molecule has 3 rings (SSSR count). The number of nitrogens with one attached hydrogen (secondary N) is 2. The van der Waals surface area contributed by atoms with Crippen LogP contribution in [0, 0.1) is 5.92 Å². The van der Waals surface area contributed by atoms with E-state index in [0.717, 1.165) is 52.0 Å². The smallest absolute Gasteiger partial charge is 0.315 e. The summed E-state index contributed by atoms with van der Waals surface area (Å²) in [6.45, 7) is 6.52. The number of carbonyl (C=O) groups excluding carboxylic acids is 1. The van der Waals surface area contributed by atoms with Gasteiger partial charge in [-0.3, -0.25) is 0 Å². The molecule has 1 atom stereocenters. The summed E-state index contributed by atoms with van der Waals surface area (Å²) in [6.07, 6.45) is 4.17. The maximum absolute atomic E-state index is 12.0. The minimum absolute atomic E-state index is 0.0455. The summed E-state index contributed by atoms with van der Waals surface area (Å²) >= 11 is 0. The van der Waals surface area contributed by atoms with E-state index in [2.05, 4.69) is 46.7 Å². The Bertz CT molecular complexity index is 543. The minimum atomic E-state index is -0.0455. The second kappa shape index (κ2) is 8.38. The van der Waals surface area contributed by atoms with Crippen molar-refractivity contribution in [2.24, 2.45) is 5.92 Å². The lowest BCUT2D eigenvalue weighted by Gasteiger charge is -2.28. The molecule has 0 saturated carbocycles. The fourth-order valence-electron chi connectivity index (χ4n) is 3.70. The molecular formula is C19H29N3O2. The number of hydrogen-bond acceptors (Lipinski definition) is 3. The molecule has 2 heterocycles. The van der Waals surface area contributed by atoms with Crippen LogP contribution in [0.5, 0.6) is 0 Å². The van der Waals surface area contributed by atoms with Crippen LogP contribution in [-0.2, 0) is 11.2 Å². The van der Waals surface area contributed by atoms with E-state index in [0.29, 0.717) is 12.5 Å². The third kappa shape index (κ3) is 4.41. The van der Waals surface area contributed by atoms with Crippen LogP contribution in [0.3, 0.4) is 0 Å². The molecule has 0 unspecified atom stereocenters. The molecule has 2 amide bonds. The molecule has 0 radical (unpaired) electrons. The van der Waals surface area contributed by atoms with Gasteiger partial charge in [0.05, 0.1) is 0 Å². The van der Waals surface area contributed by atoms with Crippen LogP contribution < -0.4 is 15.5 Å². The largest absolute Gasteiger partial charge is 0.381 e. The first-order valence-electron chi connectivity index (χ1n) is 9.19. The van der Waals surface area contributed by atoms with Crippen molar-refractivity contribution >= 4 is 11.7 Å². The van der Waals surface area contributed by atoms with Gasteiger partial charge in [0, 0.05) is 44.6 Å². The molecule has 1 fully saturated rings. The van der Waals surface area contributed by atoms with Gasteiger partial charge in [-0.1, -0.05) is 18.2 Å².